The lowest BCUT2D eigenvalue weighted by Gasteiger charge is -2.43. The molecule has 0 amide bonds. The molecule has 2 aliphatic rings. The van der Waals surface area contributed by atoms with Gasteiger partial charge in [0, 0.05) is 22.9 Å². The number of aromatic nitrogens is 3. The van der Waals surface area contributed by atoms with E-state index < -0.39 is 12.0 Å². The average Bonchev–Trinajstić information content (AvgIpc) is 3.10. The molecule has 2 aromatic carbocycles. The van der Waals surface area contributed by atoms with Crippen LogP contribution in [0, 0.1) is 0 Å². The van der Waals surface area contributed by atoms with Gasteiger partial charge in [0.15, 0.2) is 5.82 Å². The molecule has 2 aromatic heterocycles. The van der Waals surface area contributed by atoms with Crippen LogP contribution in [0.2, 0.25) is 0 Å². The lowest BCUT2D eigenvalue weighted by Crippen LogP contribution is -2.55. The summed E-state index contributed by atoms with van der Waals surface area (Å²) in [4.78, 5) is 26.5. The highest BCUT2D eigenvalue weighted by molar-refractivity contribution is 5.98. The van der Waals surface area contributed by atoms with Crippen molar-refractivity contribution in [3.63, 3.8) is 0 Å². The first-order valence-corrected chi connectivity index (χ1v) is 10.1. The highest BCUT2D eigenvalue weighted by atomic mass is 16.7. The molecule has 4 heterocycles. The first-order chi connectivity index (χ1) is 14.6. The number of aliphatic imine (C=N–C) groups is 1. The third-order valence-electron chi connectivity index (χ3n) is 5.96. The summed E-state index contributed by atoms with van der Waals surface area (Å²) in [5, 5.41) is 1.65. The molecule has 4 aromatic rings. The van der Waals surface area contributed by atoms with E-state index in [1.165, 1.54) is 0 Å². The summed E-state index contributed by atoms with van der Waals surface area (Å²) >= 11 is 0. The monoisotopic (exact) mass is 400 g/mol. The molecule has 0 fully saturated rings. The van der Waals surface area contributed by atoms with E-state index in [4.69, 9.17) is 19.5 Å². The molecule has 30 heavy (non-hydrogen) atoms. The maximum absolute atomic E-state index is 13.6. The molecular formula is C23H20N4O3. The fraction of sp³-hybridized carbons (Fsp3) is 0.261. The molecule has 0 radical (unpaired) electrons. The van der Waals surface area contributed by atoms with Gasteiger partial charge in [0.1, 0.15) is 6.04 Å². The number of H-pyrrole nitrogens is 1. The SMILES string of the molecule is CCO[C@@]12N=C(C)c3nc4ccccc4c(=O)n3[C@@H]1Cc1c([nH]c3ccccc13)O2. The summed E-state index contributed by atoms with van der Waals surface area (Å²) in [6, 6.07) is 15.0. The summed E-state index contributed by atoms with van der Waals surface area (Å²) in [5.74, 6) is -0.109. The molecule has 0 spiro atoms. The van der Waals surface area contributed by atoms with Crippen LogP contribution in [0.5, 0.6) is 5.88 Å². The Morgan fingerprint density at radius 3 is 2.80 bits per heavy atom. The van der Waals surface area contributed by atoms with Crippen molar-refractivity contribution in [2.45, 2.75) is 32.2 Å². The molecule has 6 rings (SSSR count). The van der Waals surface area contributed by atoms with Crippen molar-refractivity contribution < 1.29 is 9.47 Å². The Balaban J connectivity index is 1.66. The van der Waals surface area contributed by atoms with Crippen LogP contribution in [-0.4, -0.2) is 32.8 Å². The predicted octanol–water partition coefficient (Wildman–Crippen LogP) is 3.57. The lowest BCUT2D eigenvalue weighted by molar-refractivity contribution is -0.214. The number of rotatable bonds is 2. The first-order valence-electron chi connectivity index (χ1n) is 10.1. The van der Waals surface area contributed by atoms with Crippen LogP contribution >= 0.6 is 0 Å². The smallest absolute Gasteiger partial charge is 0.336 e. The highest BCUT2D eigenvalue weighted by Gasteiger charge is 2.52. The number of aromatic amines is 1. The van der Waals surface area contributed by atoms with Crippen molar-refractivity contribution in [1.29, 1.82) is 0 Å². The summed E-state index contributed by atoms with van der Waals surface area (Å²) in [6.45, 7) is 4.14. The maximum atomic E-state index is 13.6. The summed E-state index contributed by atoms with van der Waals surface area (Å²) in [7, 11) is 0. The number of para-hydroxylation sites is 2. The first kappa shape index (κ1) is 17.4. The zero-order valence-corrected chi connectivity index (χ0v) is 16.7. The summed E-state index contributed by atoms with van der Waals surface area (Å²) < 4.78 is 14.2. The fourth-order valence-electron chi connectivity index (χ4n) is 4.69. The molecule has 0 bridgehead atoms. The second-order valence-electron chi connectivity index (χ2n) is 7.69. The number of hydrogen-bond donors (Lipinski definition) is 1. The van der Waals surface area contributed by atoms with Gasteiger partial charge in [0.05, 0.1) is 23.2 Å². The van der Waals surface area contributed by atoms with Gasteiger partial charge in [-0.15, -0.1) is 0 Å². The fourth-order valence-corrected chi connectivity index (χ4v) is 4.69. The third-order valence-corrected chi connectivity index (χ3v) is 5.96. The summed E-state index contributed by atoms with van der Waals surface area (Å²) in [6.07, 6.45) is 0.545. The molecule has 150 valence electrons. The largest absolute Gasteiger partial charge is 0.425 e. The van der Waals surface area contributed by atoms with Crippen LogP contribution in [0.25, 0.3) is 21.8 Å². The van der Waals surface area contributed by atoms with Gasteiger partial charge in [-0.1, -0.05) is 30.3 Å². The molecule has 0 aliphatic carbocycles. The van der Waals surface area contributed by atoms with Crippen molar-refractivity contribution in [3.05, 3.63) is 70.3 Å². The van der Waals surface area contributed by atoms with Crippen molar-refractivity contribution in [1.82, 2.24) is 14.5 Å². The van der Waals surface area contributed by atoms with E-state index >= 15 is 0 Å². The van der Waals surface area contributed by atoms with Gasteiger partial charge < -0.3 is 14.5 Å². The maximum Gasteiger partial charge on any atom is 0.336 e. The molecule has 2 atom stereocenters. The quantitative estimate of drug-likeness (QED) is 0.558. The van der Waals surface area contributed by atoms with E-state index in [0.717, 1.165) is 16.5 Å². The van der Waals surface area contributed by atoms with E-state index in [2.05, 4.69) is 11.1 Å². The lowest BCUT2D eigenvalue weighted by atomic mass is 9.96. The normalized spacial score (nSPS) is 22.2. The van der Waals surface area contributed by atoms with E-state index in [1.54, 1.807) is 4.57 Å². The second-order valence-corrected chi connectivity index (χ2v) is 7.69. The summed E-state index contributed by atoms with van der Waals surface area (Å²) in [5.41, 5.74) is 3.18. The van der Waals surface area contributed by atoms with Gasteiger partial charge in [-0.05, 0) is 32.0 Å². The number of benzene rings is 2. The zero-order valence-electron chi connectivity index (χ0n) is 16.7. The van der Waals surface area contributed by atoms with Gasteiger partial charge in [-0.2, -0.15) is 0 Å². The van der Waals surface area contributed by atoms with Crippen molar-refractivity contribution in [3.8, 4) is 5.88 Å². The van der Waals surface area contributed by atoms with Crippen LogP contribution in [-0.2, 0) is 11.2 Å². The molecule has 0 unspecified atom stereocenters. The average molecular weight is 400 g/mol. The topological polar surface area (TPSA) is 81.5 Å². The van der Waals surface area contributed by atoms with E-state index in [9.17, 15) is 4.79 Å². The van der Waals surface area contributed by atoms with Gasteiger partial charge in [-0.3, -0.25) is 9.36 Å². The number of hydrogen-bond acceptors (Lipinski definition) is 5. The van der Waals surface area contributed by atoms with Crippen molar-refractivity contribution in [2.24, 2.45) is 4.99 Å². The minimum Gasteiger partial charge on any atom is -0.425 e. The van der Waals surface area contributed by atoms with Gasteiger partial charge in [-0.25, -0.2) is 9.98 Å². The number of fused-ring (bicyclic) bond motifs is 7. The number of nitrogens with one attached hydrogen (secondary N) is 1. The van der Waals surface area contributed by atoms with E-state index in [1.807, 2.05) is 56.3 Å². The van der Waals surface area contributed by atoms with E-state index in [0.29, 0.717) is 41.3 Å². The minimum atomic E-state index is -1.31. The molecule has 1 N–H and O–H groups in total. The Morgan fingerprint density at radius 2 is 1.97 bits per heavy atom. The minimum absolute atomic E-state index is 0.106. The third kappa shape index (κ3) is 2.21. The molecular weight excluding hydrogens is 380 g/mol. The van der Waals surface area contributed by atoms with Crippen molar-refractivity contribution >= 4 is 27.5 Å². The van der Waals surface area contributed by atoms with Gasteiger partial charge in [0.25, 0.3) is 5.56 Å². The Labute approximate surface area is 172 Å². The second kappa shape index (κ2) is 6.03. The van der Waals surface area contributed by atoms with Gasteiger partial charge >= 0.3 is 5.91 Å². The molecule has 2 aliphatic heterocycles. The zero-order chi connectivity index (χ0) is 20.5. The molecule has 0 saturated carbocycles. The number of ether oxygens (including phenoxy) is 2. The van der Waals surface area contributed by atoms with Crippen LogP contribution in [0.4, 0.5) is 0 Å². The standard InChI is InChI=1S/C23H20N4O3/c1-3-29-23-19(12-16-14-8-4-6-10-17(14)25-21(16)30-23)27-20(13(2)26-23)24-18-11-7-5-9-15(18)22(27)28/h4-11,19,25H,3,12H2,1-2H3/t19-,23+/m1/s1. The predicted molar refractivity (Wildman–Crippen MR) is 114 cm³/mol. The number of nitrogens with zero attached hydrogens (tertiary/aromatic N) is 3. The molecule has 7 heteroatoms. The Morgan fingerprint density at radius 1 is 1.20 bits per heavy atom. The Hall–Kier alpha value is -3.45. The van der Waals surface area contributed by atoms with Gasteiger partial charge in [0.2, 0.25) is 5.88 Å². The van der Waals surface area contributed by atoms with Crippen LogP contribution in [0.3, 0.4) is 0 Å². The molecule has 0 saturated heterocycles. The van der Waals surface area contributed by atoms with Crippen LogP contribution < -0.4 is 10.3 Å². The molecule has 7 nitrogen and oxygen atoms in total. The van der Waals surface area contributed by atoms with Crippen LogP contribution in [0.15, 0.2) is 58.3 Å². The van der Waals surface area contributed by atoms with Crippen molar-refractivity contribution in [2.75, 3.05) is 6.61 Å². The van der Waals surface area contributed by atoms with Crippen LogP contribution in [0.1, 0.15) is 31.3 Å². The van der Waals surface area contributed by atoms with E-state index in [-0.39, 0.29) is 5.56 Å². The Kier molecular flexibility index (Phi) is 3.50. The Bertz CT molecular complexity index is 1420. The highest BCUT2D eigenvalue weighted by Crippen LogP contribution is 2.46.